The van der Waals surface area contributed by atoms with Gasteiger partial charge in [0.2, 0.25) is 0 Å². The van der Waals surface area contributed by atoms with Crippen LogP contribution in [0.2, 0.25) is 0 Å². The Labute approximate surface area is 112 Å². The highest BCUT2D eigenvalue weighted by molar-refractivity contribution is 9.08. The highest BCUT2D eigenvalue weighted by Gasteiger charge is 2.31. The lowest BCUT2D eigenvalue weighted by molar-refractivity contribution is 0.144. The molecule has 0 spiro atoms. The second-order valence-corrected chi connectivity index (χ2v) is 6.96. The highest BCUT2D eigenvalue weighted by Crippen LogP contribution is 2.29. The number of halogens is 3. The molecule has 1 atom stereocenters. The van der Waals surface area contributed by atoms with E-state index in [-0.39, 0.29) is 34.3 Å². The van der Waals surface area contributed by atoms with Gasteiger partial charge in [-0.2, -0.15) is 0 Å². The van der Waals surface area contributed by atoms with Gasteiger partial charge in [0, 0.05) is 23.0 Å². The number of hydrogen-bond acceptors (Lipinski definition) is 4. The summed E-state index contributed by atoms with van der Waals surface area (Å²) in [5, 5.41) is 0.246. The molecule has 0 bridgehead atoms. The number of aromatic nitrogens is 2. The zero-order valence-corrected chi connectivity index (χ0v) is 11.7. The van der Waals surface area contributed by atoms with Gasteiger partial charge in [0.15, 0.2) is 9.84 Å². The number of nitrogens with zero attached hydrogens (tertiary/aromatic N) is 2. The van der Waals surface area contributed by atoms with Crippen LogP contribution < -0.4 is 0 Å². The Bertz CT molecular complexity index is 551. The Morgan fingerprint density at radius 2 is 2.22 bits per heavy atom. The normalized spacial score (nSPS) is 22.6. The molecule has 1 fully saturated rings. The van der Waals surface area contributed by atoms with Crippen LogP contribution in [-0.2, 0) is 15.2 Å². The fourth-order valence-electron chi connectivity index (χ4n) is 1.92. The van der Waals surface area contributed by atoms with Crippen molar-refractivity contribution in [3.8, 4) is 0 Å². The molecular weight excluding hydrogens is 330 g/mol. The molecule has 18 heavy (non-hydrogen) atoms. The molecule has 1 saturated heterocycles. The first kappa shape index (κ1) is 13.8. The molecule has 0 aliphatic carbocycles. The molecule has 2 rings (SSSR count). The van der Waals surface area contributed by atoms with Crippen molar-refractivity contribution in [2.45, 2.75) is 24.1 Å². The van der Waals surface area contributed by atoms with E-state index in [9.17, 15) is 17.2 Å². The van der Waals surface area contributed by atoms with Gasteiger partial charge in [-0.05, 0) is 6.42 Å². The molecule has 0 saturated carbocycles. The first-order valence-corrected chi connectivity index (χ1v) is 8.27. The van der Waals surface area contributed by atoms with Gasteiger partial charge in [0.1, 0.15) is 11.5 Å². The fourth-order valence-corrected chi connectivity index (χ4v) is 4.09. The third-order valence-electron chi connectivity index (χ3n) is 2.86. The molecule has 8 heteroatoms. The maximum absolute atomic E-state index is 12.8. The van der Waals surface area contributed by atoms with Gasteiger partial charge in [-0.1, -0.05) is 15.9 Å². The van der Waals surface area contributed by atoms with Crippen LogP contribution in [0.5, 0.6) is 0 Å². The first-order chi connectivity index (χ1) is 8.43. The predicted octanol–water partition coefficient (Wildman–Crippen LogP) is 2.21. The van der Waals surface area contributed by atoms with Crippen LogP contribution >= 0.6 is 15.9 Å². The third kappa shape index (κ3) is 2.85. The average molecular weight is 341 g/mol. The van der Waals surface area contributed by atoms with Crippen LogP contribution in [0.3, 0.4) is 0 Å². The Morgan fingerprint density at radius 3 is 2.72 bits per heavy atom. The molecule has 0 radical (unpaired) electrons. The van der Waals surface area contributed by atoms with Crippen LogP contribution in [0.4, 0.5) is 8.78 Å². The molecule has 0 aromatic carbocycles. The summed E-state index contributed by atoms with van der Waals surface area (Å²) in [5.41, 5.74) is 0.00998. The maximum Gasteiger partial charge on any atom is 0.280 e. The van der Waals surface area contributed by atoms with Crippen molar-refractivity contribution >= 4 is 25.8 Å². The second-order valence-electron chi connectivity index (χ2n) is 4.17. The van der Waals surface area contributed by atoms with Gasteiger partial charge >= 0.3 is 0 Å². The SMILES string of the molecule is O=S1(=O)CCC(c2ncc(CBr)c(C(F)F)n2)C1. The number of rotatable bonds is 3. The van der Waals surface area contributed by atoms with E-state index >= 15 is 0 Å². The first-order valence-electron chi connectivity index (χ1n) is 5.33. The minimum Gasteiger partial charge on any atom is -0.241 e. The van der Waals surface area contributed by atoms with Crippen molar-refractivity contribution in [3.05, 3.63) is 23.3 Å². The van der Waals surface area contributed by atoms with E-state index in [1.165, 1.54) is 6.20 Å². The molecule has 0 N–H and O–H groups in total. The topological polar surface area (TPSA) is 59.9 Å². The largest absolute Gasteiger partial charge is 0.280 e. The van der Waals surface area contributed by atoms with Gasteiger partial charge in [-0.15, -0.1) is 0 Å². The summed E-state index contributed by atoms with van der Waals surface area (Å²) in [6.45, 7) is 0. The van der Waals surface area contributed by atoms with Crippen molar-refractivity contribution in [2.75, 3.05) is 11.5 Å². The molecular formula is C10H11BrF2N2O2S. The van der Waals surface area contributed by atoms with Crippen LogP contribution in [0.1, 0.15) is 35.8 Å². The molecule has 1 aliphatic heterocycles. The van der Waals surface area contributed by atoms with Gasteiger partial charge in [0.25, 0.3) is 6.43 Å². The average Bonchev–Trinajstić information content (AvgIpc) is 2.68. The molecule has 1 aromatic heterocycles. The smallest absolute Gasteiger partial charge is 0.241 e. The Kier molecular flexibility index (Phi) is 3.96. The summed E-state index contributed by atoms with van der Waals surface area (Å²) in [6.07, 6.45) is -0.945. The maximum atomic E-state index is 12.8. The van der Waals surface area contributed by atoms with Crippen molar-refractivity contribution in [1.29, 1.82) is 0 Å². The van der Waals surface area contributed by atoms with E-state index in [0.717, 1.165) is 0 Å². The minimum absolute atomic E-state index is 0.0522. The molecule has 4 nitrogen and oxygen atoms in total. The van der Waals surface area contributed by atoms with Gasteiger partial charge in [-0.3, -0.25) is 0 Å². The van der Waals surface area contributed by atoms with Crippen molar-refractivity contribution < 1.29 is 17.2 Å². The van der Waals surface area contributed by atoms with E-state index in [1.54, 1.807) is 0 Å². The number of sulfone groups is 1. The molecule has 0 amide bonds. The highest BCUT2D eigenvalue weighted by atomic mass is 79.9. The lowest BCUT2D eigenvalue weighted by Gasteiger charge is -2.10. The van der Waals surface area contributed by atoms with Crippen LogP contribution in [0, 0.1) is 0 Å². The van der Waals surface area contributed by atoms with E-state index in [0.29, 0.717) is 12.0 Å². The van der Waals surface area contributed by atoms with Crippen LogP contribution in [0.15, 0.2) is 6.20 Å². The third-order valence-corrected chi connectivity index (χ3v) is 5.24. The Balaban J connectivity index is 2.33. The second kappa shape index (κ2) is 5.16. The summed E-state index contributed by atoms with van der Waals surface area (Å²) in [6, 6.07) is 0. The van der Waals surface area contributed by atoms with Crippen molar-refractivity contribution in [3.63, 3.8) is 0 Å². The summed E-state index contributed by atoms with van der Waals surface area (Å²) in [5.74, 6) is -0.137. The number of alkyl halides is 3. The molecule has 1 aliphatic rings. The predicted molar refractivity (Wildman–Crippen MR) is 65.6 cm³/mol. The summed E-state index contributed by atoms with van der Waals surface area (Å²) < 4.78 is 48.3. The molecule has 1 aromatic rings. The zero-order valence-electron chi connectivity index (χ0n) is 9.31. The lowest BCUT2D eigenvalue weighted by Crippen LogP contribution is -2.10. The summed E-state index contributed by atoms with van der Waals surface area (Å²) >= 11 is 3.09. The number of hydrogen-bond donors (Lipinski definition) is 0. The standard InChI is InChI=1S/C10H11BrF2N2O2S/c11-3-7-4-14-10(15-8(7)9(12)13)6-1-2-18(16,17)5-6/h4,6,9H,1-3,5H2. The fraction of sp³-hybridized carbons (Fsp3) is 0.600. The van der Waals surface area contributed by atoms with Gasteiger partial charge in [-0.25, -0.2) is 27.2 Å². The van der Waals surface area contributed by atoms with Crippen molar-refractivity contribution in [1.82, 2.24) is 9.97 Å². The minimum atomic E-state index is -3.07. The summed E-state index contributed by atoms with van der Waals surface area (Å²) in [4.78, 5) is 7.84. The van der Waals surface area contributed by atoms with Crippen LogP contribution in [-0.4, -0.2) is 29.9 Å². The quantitative estimate of drug-likeness (QED) is 0.791. The monoisotopic (exact) mass is 340 g/mol. The van der Waals surface area contributed by atoms with Crippen LogP contribution in [0.25, 0.3) is 0 Å². The van der Waals surface area contributed by atoms with Crippen molar-refractivity contribution in [2.24, 2.45) is 0 Å². The van der Waals surface area contributed by atoms with E-state index < -0.39 is 16.3 Å². The van der Waals surface area contributed by atoms with E-state index in [1.807, 2.05) is 0 Å². The van der Waals surface area contributed by atoms with E-state index in [2.05, 4.69) is 25.9 Å². The summed E-state index contributed by atoms with van der Waals surface area (Å²) in [7, 11) is -3.07. The molecule has 1 unspecified atom stereocenters. The Hall–Kier alpha value is -0.630. The molecule has 2 heterocycles. The van der Waals surface area contributed by atoms with Gasteiger partial charge in [0.05, 0.1) is 11.5 Å². The van der Waals surface area contributed by atoms with Gasteiger partial charge < -0.3 is 0 Å². The Morgan fingerprint density at radius 1 is 1.50 bits per heavy atom. The zero-order chi connectivity index (χ0) is 13.3. The lowest BCUT2D eigenvalue weighted by atomic mass is 10.1. The molecule has 100 valence electrons. The van der Waals surface area contributed by atoms with E-state index in [4.69, 9.17) is 0 Å².